The third-order valence-corrected chi connectivity index (χ3v) is 3.43. The molecule has 0 aliphatic heterocycles. The van der Waals surface area contributed by atoms with Crippen LogP contribution in [0.1, 0.15) is 0 Å². The topological polar surface area (TPSA) is 42.8 Å². The normalized spacial score (nSPS) is 10.5. The van der Waals surface area contributed by atoms with Crippen molar-refractivity contribution < 1.29 is 4.74 Å². The second-order valence-corrected chi connectivity index (χ2v) is 4.92. The van der Waals surface area contributed by atoms with Gasteiger partial charge in [-0.05, 0) is 24.4 Å². The monoisotopic (exact) mass is 297 g/mol. The highest BCUT2D eigenvalue weighted by molar-refractivity contribution is 7.71. The van der Waals surface area contributed by atoms with Crippen LogP contribution < -0.4 is 4.74 Å². The number of aromatic nitrogens is 3. The molecule has 0 atom stereocenters. The molecule has 1 aromatic heterocycles. The molecule has 0 fully saturated rings. The van der Waals surface area contributed by atoms with Crippen LogP contribution in [0.15, 0.2) is 60.7 Å². The smallest absolute Gasteiger partial charge is 0.195 e. The Morgan fingerprint density at radius 3 is 2.38 bits per heavy atom. The number of hydrogen-bond donors (Lipinski definition) is 1. The Kier molecular flexibility index (Phi) is 4.12. The lowest BCUT2D eigenvalue weighted by Gasteiger charge is -2.08. The van der Waals surface area contributed by atoms with Gasteiger partial charge in [-0.1, -0.05) is 48.5 Å². The average Bonchev–Trinajstić information content (AvgIpc) is 2.91. The molecule has 106 valence electrons. The molecule has 1 heterocycles. The highest BCUT2D eigenvalue weighted by Crippen LogP contribution is 2.16. The summed E-state index contributed by atoms with van der Waals surface area (Å²) in [6.45, 7) is 1.19. The van der Waals surface area contributed by atoms with Crippen LogP contribution in [0.25, 0.3) is 11.4 Å². The van der Waals surface area contributed by atoms with Crippen LogP contribution in [0.5, 0.6) is 5.75 Å². The highest BCUT2D eigenvalue weighted by atomic mass is 32.1. The van der Waals surface area contributed by atoms with Gasteiger partial charge in [-0.25, -0.2) is 0 Å². The van der Waals surface area contributed by atoms with E-state index in [0.717, 1.165) is 17.1 Å². The van der Waals surface area contributed by atoms with Crippen molar-refractivity contribution >= 4 is 12.2 Å². The fourth-order valence-electron chi connectivity index (χ4n) is 2.10. The van der Waals surface area contributed by atoms with Crippen LogP contribution in [0, 0.1) is 4.77 Å². The molecule has 3 aromatic rings. The van der Waals surface area contributed by atoms with E-state index in [1.54, 1.807) is 0 Å². The molecule has 0 bridgehead atoms. The quantitative estimate of drug-likeness (QED) is 0.730. The van der Waals surface area contributed by atoms with Crippen LogP contribution in [-0.4, -0.2) is 21.4 Å². The van der Waals surface area contributed by atoms with Crippen LogP contribution in [0.4, 0.5) is 0 Å². The summed E-state index contributed by atoms with van der Waals surface area (Å²) in [6, 6.07) is 19.7. The fourth-order valence-corrected chi connectivity index (χ4v) is 2.33. The van der Waals surface area contributed by atoms with E-state index in [1.165, 1.54) is 0 Å². The van der Waals surface area contributed by atoms with Gasteiger partial charge in [0.25, 0.3) is 0 Å². The maximum atomic E-state index is 5.72. The zero-order valence-electron chi connectivity index (χ0n) is 11.4. The first-order valence-corrected chi connectivity index (χ1v) is 7.14. The summed E-state index contributed by atoms with van der Waals surface area (Å²) in [7, 11) is 0. The molecule has 0 radical (unpaired) electrons. The van der Waals surface area contributed by atoms with E-state index in [9.17, 15) is 0 Å². The molecule has 4 nitrogen and oxygen atoms in total. The van der Waals surface area contributed by atoms with Crippen molar-refractivity contribution in [1.29, 1.82) is 0 Å². The number of para-hydroxylation sites is 1. The van der Waals surface area contributed by atoms with Crippen molar-refractivity contribution in [2.24, 2.45) is 0 Å². The molecule has 0 saturated carbocycles. The molecule has 0 spiro atoms. The molecule has 5 heteroatoms. The van der Waals surface area contributed by atoms with E-state index in [-0.39, 0.29) is 0 Å². The van der Waals surface area contributed by atoms with Crippen molar-refractivity contribution in [2.45, 2.75) is 6.54 Å². The molecule has 1 N–H and O–H groups in total. The molecule has 0 saturated heterocycles. The van der Waals surface area contributed by atoms with Gasteiger partial charge < -0.3 is 4.74 Å². The first-order valence-electron chi connectivity index (χ1n) is 6.73. The Balaban J connectivity index is 1.74. The van der Waals surface area contributed by atoms with Gasteiger partial charge in [0.2, 0.25) is 0 Å². The van der Waals surface area contributed by atoms with Gasteiger partial charge in [-0.15, -0.1) is 0 Å². The van der Waals surface area contributed by atoms with Gasteiger partial charge in [-0.2, -0.15) is 5.10 Å². The summed E-state index contributed by atoms with van der Waals surface area (Å²) in [6.07, 6.45) is 0. The molecule has 2 aromatic carbocycles. The Hall–Kier alpha value is -2.40. The summed E-state index contributed by atoms with van der Waals surface area (Å²) in [5, 5.41) is 7.15. The molecular weight excluding hydrogens is 282 g/mol. The molecule has 0 aliphatic rings. The largest absolute Gasteiger partial charge is 0.492 e. The van der Waals surface area contributed by atoms with Crippen LogP contribution in [0.2, 0.25) is 0 Å². The maximum Gasteiger partial charge on any atom is 0.195 e. The SMILES string of the molecule is S=c1[nH]nc(-c2ccccc2)n1CCOc1ccccc1. The molecule has 0 aliphatic carbocycles. The van der Waals surface area contributed by atoms with E-state index >= 15 is 0 Å². The number of benzene rings is 2. The van der Waals surface area contributed by atoms with Gasteiger partial charge in [0.05, 0.1) is 6.54 Å². The number of rotatable bonds is 5. The van der Waals surface area contributed by atoms with E-state index in [2.05, 4.69) is 10.2 Å². The summed E-state index contributed by atoms with van der Waals surface area (Å²) in [5.41, 5.74) is 1.03. The van der Waals surface area contributed by atoms with Crippen LogP contribution in [-0.2, 0) is 6.54 Å². The summed E-state index contributed by atoms with van der Waals surface area (Å²) >= 11 is 5.29. The lowest BCUT2D eigenvalue weighted by Crippen LogP contribution is -2.09. The zero-order chi connectivity index (χ0) is 14.5. The molecular formula is C16H15N3OS. The lowest BCUT2D eigenvalue weighted by molar-refractivity contribution is 0.298. The highest BCUT2D eigenvalue weighted by Gasteiger charge is 2.08. The van der Waals surface area contributed by atoms with Crippen molar-refractivity contribution in [3.63, 3.8) is 0 Å². The minimum atomic E-state index is 0.539. The summed E-state index contributed by atoms with van der Waals surface area (Å²) in [5.74, 6) is 1.69. The minimum Gasteiger partial charge on any atom is -0.492 e. The maximum absolute atomic E-state index is 5.72. The Morgan fingerprint density at radius 2 is 1.67 bits per heavy atom. The van der Waals surface area contributed by atoms with Gasteiger partial charge in [-0.3, -0.25) is 9.67 Å². The number of ether oxygens (including phenoxy) is 1. The third kappa shape index (κ3) is 3.20. The van der Waals surface area contributed by atoms with E-state index in [1.807, 2.05) is 65.2 Å². The molecule has 0 unspecified atom stereocenters. The number of nitrogens with zero attached hydrogens (tertiary/aromatic N) is 2. The van der Waals surface area contributed by atoms with E-state index in [0.29, 0.717) is 17.9 Å². The van der Waals surface area contributed by atoms with Crippen LogP contribution in [0.3, 0.4) is 0 Å². The first kappa shape index (κ1) is 13.6. The van der Waals surface area contributed by atoms with E-state index in [4.69, 9.17) is 17.0 Å². The van der Waals surface area contributed by atoms with Gasteiger partial charge in [0.15, 0.2) is 10.6 Å². The van der Waals surface area contributed by atoms with Crippen LogP contribution >= 0.6 is 12.2 Å². The molecule has 0 amide bonds. The predicted octanol–water partition coefficient (Wildman–Crippen LogP) is 3.69. The van der Waals surface area contributed by atoms with E-state index < -0.39 is 0 Å². The number of aromatic amines is 1. The molecule has 21 heavy (non-hydrogen) atoms. The predicted molar refractivity (Wildman–Crippen MR) is 84.8 cm³/mol. The zero-order valence-corrected chi connectivity index (χ0v) is 12.2. The van der Waals surface area contributed by atoms with Crippen molar-refractivity contribution in [2.75, 3.05) is 6.61 Å². The Morgan fingerprint density at radius 1 is 1.00 bits per heavy atom. The fraction of sp³-hybridized carbons (Fsp3) is 0.125. The van der Waals surface area contributed by atoms with Crippen molar-refractivity contribution in [3.05, 3.63) is 65.4 Å². The second kappa shape index (κ2) is 6.37. The number of H-pyrrole nitrogens is 1. The van der Waals surface area contributed by atoms with Gasteiger partial charge in [0.1, 0.15) is 12.4 Å². The number of nitrogens with one attached hydrogen (secondary N) is 1. The lowest BCUT2D eigenvalue weighted by atomic mass is 10.2. The summed E-state index contributed by atoms with van der Waals surface area (Å²) in [4.78, 5) is 0. The van der Waals surface area contributed by atoms with Crippen molar-refractivity contribution in [3.8, 4) is 17.1 Å². The minimum absolute atomic E-state index is 0.539. The van der Waals surface area contributed by atoms with Crippen molar-refractivity contribution in [1.82, 2.24) is 14.8 Å². The summed E-state index contributed by atoms with van der Waals surface area (Å²) < 4.78 is 8.27. The van der Waals surface area contributed by atoms with Gasteiger partial charge >= 0.3 is 0 Å². The Bertz CT molecular complexity index is 750. The first-order chi connectivity index (χ1) is 10.3. The second-order valence-electron chi connectivity index (χ2n) is 4.53. The average molecular weight is 297 g/mol. The van der Waals surface area contributed by atoms with Gasteiger partial charge in [0, 0.05) is 5.56 Å². The Labute approximate surface area is 128 Å². The number of hydrogen-bond acceptors (Lipinski definition) is 3. The standard InChI is InChI=1S/C16H15N3OS/c21-16-18-17-15(13-7-3-1-4-8-13)19(16)11-12-20-14-9-5-2-6-10-14/h1-10H,11-12H2,(H,18,21). The molecule has 3 rings (SSSR count). The third-order valence-electron chi connectivity index (χ3n) is 3.12.